The zero-order valence-corrected chi connectivity index (χ0v) is 13.8. The summed E-state index contributed by atoms with van der Waals surface area (Å²) < 4.78 is 0. The van der Waals surface area contributed by atoms with E-state index in [9.17, 15) is 9.59 Å². The normalized spacial score (nSPS) is 18.7. The molecule has 0 spiro atoms. The summed E-state index contributed by atoms with van der Waals surface area (Å²) in [6.45, 7) is 2.21. The van der Waals surface area contributed by atoms with Crippen LogP contribution >= 0.6 is 0 Å². The summed E-state index contributed by atoms with van der Waals surface area (Å²) in [6, 6.07) is 3.97. The van der Waals surface area contributed by atoms with Crippen molar-refractivity contribution in [1.29, 1.82) is 0 Å². The van der Waals surface area contributed by atoms with Crippen molar-refractivity contribution in [1.82, 2.24) is 14.8 Å². The van der Waals surface area contributed by atoms with Gasteiger partial charge in [0, 0.05) is 50.9 Å². The molecule has 0 N–H and O–H groups in total. The first-order valence-electron chi connectivity index (χ1n) is 8.58. The Hall–Kier alpha value is -1.91. The lowest BCUT2D eigenvalue weighted by Crippen LogP contribution is -2.44. The quantitative estimate of drug-likeness (QED) is 0.831. The molecule has 2 amide bonds. The van der Waals surface area contributed by atoms with Crippen LogP contribution in [0.4, 0.5) is 0 Å². The van der Waals surface area contributed by atoms with Crippen molar-refractivity contribution in [3.05, 3.63) is 30.1 Å². The number of hydrogen-bond donors (Lipinski definition) is 0. The van der Waals surface area contributed by atoms with Crippen LogP contribution in [0.1, 0.15) is 31.2 Å². The molecule has 1 aliphatic carbocycles. The fourth-order valence-corrected chi connectivity index (χ4v) is 3.20. The minimum Gasteiger partial charge on any atom is -0.345 e. The van der Waals surface area contributed by atoms with Crippen LogP contribution in [0.2, 0.25) is 0 Å². The summed E-state index contributed by atoms with van der Waals surface area (Å²) in [5.41, 5.74) is 1.20. The molecular formula is C18H25N3O2. The van der Waals surface area contributed by atoms with Crippen molar-refractivity contribution < 1.29 is 9.59 Å². The Balaban J connectivity index is 1.44. The van der Waals surface area contributed by atoms with E-state index in [0.29, 0.717) is 5.91 Å². The number of likely N-dealkylation sites (N-methyl/N-ethyl adjacent to an activating group) is 1. The lowest BCUT2D eigenvalue weighted by Gasteiger charge is -2.33. The number of aromatic nitrogens is 1. The number of carbonyl (C=O) groups excluding carboxylic acids is 2. The molecule has 5 nitrogen and oxygen atoms in total. The summed E-state index contributed by atoms with van der Waals surface area (Å²) in [7, 11) is 1.88. The summed E-state index contributed by atoms with van der Waals surface area (Å²) in [4.78, 5) is 32.4. The summed E-state index contributed by atoms with van der Waals surface area (Å²) in [5, 5.41) is 0. The third-order valence-corrected chi connectivity index (χ3v) is 4.94. The maximum absolute atomic E-state index is 12.6. The molecule has 3 rings (SSSR count). The van der Waals surface area contributed by atoms with Crippen LogP contribution in [-0.2, 0) is 16.0 Å². The van der Waals surface area contributed by atoms with Gasteiger partial charge in [0.15, 0.2) is 0 Å². The Morgan fingerprint density at radius 3 is 2.39 bits per heavy atom. The fourth-order valence-electron chi connectivity index (χ4n) is 3.20. The molecule has 1 saturated heterocycles. The molecule has 1 aromatic rings. The average Bonchev–Trinajstić information content (AvgIpc) is 3.44. The molecule has 1 aromatic heterocycles. The summed E-state index contributed by atoms with van der Waals surface area (Å²) in [5.74, 6) is 0.880. The minimum atomic E-state index is 0.0701. The van der Waals surface area contributed by atoms with Gasteiger partial charge >= 0.3 is 0 Å². The number of amides is 2. The van der Waals surface area contributed by atoms with Gasteiger partial charge in [-0.15, -0.1) is 0 Å². The third kappa shape index (κ3) is 4.09. The van der Waals surface area contributed by atoms with E-state index in [0.717, 1.165) is 51.7 Å². The highest BCUT2D eigenvalue weighted by molar-refractivity contribution is 5.82. The van der Waals surface area contributed by atoms with Gasteiger partial charge in [-0.3, -0.25) is 14.6 Å². The average molecular weight is 315 g/mol. The molecule has 5 heteroatoms. The van der Waals surface area contributed by atoms with Crippen molar-refractivity contribution >= 4 is 11.8 Å². The molecule has 2 aliphatic rings. The number of pyridine rings is 1. The SMILES string of the molecule is CN(CCc1ccncc1)C(=O)C1CCN(C(=O)C2CC2)CC1. The number of nitrogens with zero attached hydrogens (tertiary/aromatic N) is 3. The van der Waals surface area contributed by atoms with Gasteiger partial charge in [0.25, 0.3) is 0 Å². The molecule has 0 aromatic carbocycles. The third-order valence-electron chi connectivity index (χ3n) is 4.94. The Morgan fingerprint density at radius 1 is 1.13 bits per heavy atom. The molecule has 2 fully saturated rings. The molecule has 1 saturated carbocycles. The van der Waals surface area contributed by atoms with Crippen LogP contribution in [-0.4, -0.2) is 53.3 Å². The molecular weight excluding hydrogens is 290 g/mol. The van der Waals surface area contributed by atoms with Crippen LogP contribution in [0.3, 0.4) is 0 Å². The molecule has 23 heavy (non-hydrogen) atoms. The van der Waals surface area contributed by atoms with Crippen molar-refractivity contribution in [2.45, 2.75) is 32.1 Å². The molecule has 2 heterocycles. The largest absolute Gasteiger partial charge is 0.345 e. The minimum absolute atomic E-state index is 0.0701. The Morgan fingerprint density at radius 2 is 1.78 bits per heavy atom. The van der Waals surface area contributed by atoms with Crippen LogP contribution < -0.4 is 0 Å². The zero-order chi connectivity index (χ0) is 16.2. The maximum Gasteiger partial charge on any atom is 0.225 e. The zero-order valence-electron chi connectivity index (χ0n) is 13.8. The van der Waals surface area contributed by atoms with Crippen molar-refractivity contribution in [3.8, 4) is 0 Å². The van der Waals surface area contributed by atoms with Gasteiger partial charge in [-0.2, -0.15) is 0 Å². The number of carbonyl (C=O) groups is 2. The van der Waals surface area contributed by atoms with E-state index in [2.05, 4.69) is 4.98 Å². The first-order valence-corrected chi connectivity index (χ1v) is 8.58. The van der Waals surface area contributed by atoms with Crippen LogP contribution in [0.5, 0.6) is 0 Å². The van der Waals surface area contributed by atoms with Gasteiger partial charge in [0.2, 0.25) is 11.8 Å². The van der Waals surface area contributed by atoms with E-state index < -0.39 is 0 Å². The number of piperidine rings is 1. The monoisotopic (exact) mass is 315 g/mol. The number of likely N-dealkylation sites (tertiary alicyclic amines) is 1. The second kappa shape index (κ2) is 7.11. The molecule has 1 aliphatic heterocycles. The van der Waals surface area contributed by atoms with Crippen molar-refractivity contribution in [2.75, 3.05) is 26.7 Å². The van der Waals surface area contributed by atoms with Crippen molar-refractivity contribution in [3.63, 3.8) is 0 Å². The maximum atomic E-state index is 12.6. The molecule has 0 unspecified atom stereocenters. The number of hydrogen-bond acceptors (Lipinski definition) is 3. The van der Waals surface area contributed by atoms with E-state index in [1.165, 1.54) is 5.56 Å². The standard InChI is InChI=1S/C18H25N3O2/c1-20(11-6-14-4-9-19-10-5-14)17(22)16-7-12-21(13-8-16)18(23)15-2-3-15/h4-5,9-10,15-16H,2-3,6-8,11-13H2,1H3. The lowest BCUT2D eigenvalue weighted by atomic mass is 9.95. The highest BCUT2D eigenvalue weighted by atomic mass is 16.2. The van der Waals surface area contributed by atoms with Gasteiger partial charge in [-0.05, 0) is 49.8 Å². The Kier molecular flexibility index (Phi) is 4.94. The molecule has 0 atom stereocenters. The summed E-state index contributed by atoms with van der Waals surface area (Å²) in [6.07, 6.45) is 8.12. The van der Waals surface area contributed by atoms with E-state index >= 15 is 0 Å². The second-order valence-corrected chi connectivity index (χ2v) is 6.74. The highest BCUT2D eigenvalue weighted by Gasteiger charge is 2.36. The first kappa shape index (κ1) is 16.0. The molecule has 124 valence electrons. The van der Waals surface area contributed by atoms with E-state index in [1.54, 1.807) is 12.4 Å². The predicted octanol–water partition coefficient (Wildman–Crippen LogP) is 1.73. The van der Waals surface area contributed by atoms with Crippen LogP contribution in [0.25, 0.3) is 0 Å². The van der Waals surface area contributed by atoms with E-state index in [4.69, 9.17) is 0 Å². The Labute approximate surface area is 137 Å². The van der Waals surface area contributed by atoms with Gasteiger partial charge < -0.3 is 9.80 Å². The predicted molar refractivity (Wildman–Crippen MR) is 87.6 cm³/mol. The topological polar surface area (TPSA) is 53.5 Å². The van der Waals surface area contributed by atoms with E-state index in [-0.39, 0.29) is 17.7 Å². The summed E-state index contributed by atoms with van der Waals surface area (Å²) >= 11 is 0. The van der Waals surface area contributed by atoms with Gasteiger partial charge in [-0.1, -0.05) is 0 Å². The van der Waals surface area contributed by atoms with Crippen LogP contribution in [0, 0.1) is 11.8 Å². The van der Waals surface area contributed by atoms with Crippen molar-refractivity contribution in [2.24, 2.45) is 11.8 Å². The van der Waals surface area contributed by atoms with Gasteiger partial charge in [-0.25, -0.2) is 0 Å². The molecule has 0 bridgehead atoms. The van der Waals surface area contributed by atoms with Gasteiger partial charge in [0.1, 0.15) is 0 Å². The smallest absolute Gasteiger partial charge is 0.225 e. The second-order valence-electron chi connectivity index (χ2n) is 6.74. The highest BCUT2D eigenvalue weighted by Crippen LogP contribution is 2.32. The molecule has 0 radical (unpaired) electrons. The fraction of sp³-hybridized carbons (Fsp3) is 0.611. The van der Waals surface area contributed by atoms with Gasteiger partial charge in [0.05, 0.1) is 0 Å². The lowest BCUT2D eigenvalue weighted by molar-refractivity contribution is -0.140. The number of rotatable bonds is 5. The Bertz CT molecular complexity index is 549. The van der Waals surface area contributed by atoms with Crippen LogP contribution in [0.15, 0.2) is 24.5 Å². The first-order chi connectivity index (χ1) is 11.1. The van der Waals surface area contributed by atoms with E-state index in [1.807, 2.05) is 29.0 Å².